The molecule has 2 rings (SSSR count). The summed E-state index contributed by atoms with van der Waals surface area (Å²) in [7, 11) is 0. The van der Waals surface area contributed by atoms with Gasteiger partial charge in [0.15, 0.2) is 6.61 Å². The van der Waals surface area contributed by atoms with Crippen molar-refractivity contribution >= 4 is 12.1 Å². The lowest BCUT2D eigenvalue weighted by Crippen LogP contribution is -2.24. The molecule has 2 aromatic rings. The Kier molecular flexibility index (Phi) is 7.68. The first kappa shape index (κ1) is 19.5. The lowest BCUT2D eigenvalue weighted by molar-refractivity contribution is -0.123. The van der Waals surface area contributed by atoms with E-state index in [1.54, 1.807) is 6.21 Å². The number of unbranched alkanes of at least 4 members (excludes halogenated alkanes) is 1. The molecule has 0 heterocycles. The zero-order chi connectivity index (χ0) is 18.8. The van der Waals surface area contributed by atoms with Gasteiger partial charge in [-0.15, -0.1) is 0 Å². The Morgan fingerprint density at radius 2 is 1.73 bits per heavy atom. The van der Waals surface area contributed by atoms with Gasteiger partial charge in [0, 0.05) is 0 Å². The highest BCUT2D eigenvalue weighted by Gasteiger charge is 2.02. The van der Waals surface area contributed by atoms with E-state index in [0.29, 0.717) is 5.75 Å². The normalized spacial score (nSPS) is 10.7. The van der Waals surface area contributed by atoms with E-state index in [2.05, 4.69) is 23.5 Å². The summed E-state index contributed by atoms with van der Waals surface area (Å²) in [6.07, 6.45) is 3.74. The van der Waals surface area contributed by atoms with E-state index in [-0.39, 0.29) is 12.5 Å². The van der Waals surface area contributed by atoms with Crippen LogP contribution in [0.5, 0.6) is 11.5 Å². The Hall–Kier alpha value is -2.82. The van der Waals surface area contributed by atoms with Crippen molar-refractivity contribution in [3.63, 3.8) is 0 Å². The van der Waals surface area contributed by atoms with Crippen LogP contribution in [0.3, 0.4) is 0 Å². The van der Waals surface area contributed by atoms with Crippen LogP contribution in [0.2, 0.25) is 0 Å². The quantitative estimate of drug-likeness (QED) is 0.420. The second-order valence-corrected chi connectivity index (χ2v) is 6.18. The molecule has 0 unspecified atom stereocenters. The molecule has 0 aliphatic heterocycles. The van der Waals surface area contributed by atoms with E-state index in [9.17, 15) is 4.79 Å². The minimum absolute atomic E-state index is 0.0789. The van der Waals surface area contributed by atoms with Crippen LogP contribution < -0.4 is 14.9 Å². The summed E-state index contributed by atoms with van der Waals surface area (Å²) in [6.45, 7) is 6.75. The van der Waals surface area contributed by atoms with E-state index in [1.165, 1.54) is 0 Å². The summed E-state index contributed by atoms with van der Waals surface area (Å²) in [5.74, 6) is 1.21. The van der Waals surface area contributed by atoms with Gasteiger partial charge in [-0.1, -0.05) is 19.4 Å². The second-order valence-electron chi connectivity index (χ2n) is 6.18. The molecule has 1 N–H and O–H groups in total. The number of hydrogen-bond acceptors (Lipinski definition) is 4. The van der Waals surface area contributed by atoms with Gasteiger partial charge in [0.2, 0.25) is 0 Å². The fourth-order valence-corrected chi connectivity index (χ4v) is 2.36. The van der Waals surface area contributed by atoms with Crippen LogP contribution in [0.15, 0.2) is 47.6 Å². The number of hydrazone groups is 1. The van der Waals surface area contributed by atoms with Crippen molar-refractivity contribution in [3.8, 4) is 11.5 Å². The smallest absolute Gasteiger partial charge is 0.277 e. The van der Waals surface area contributed by atoms with Crippen molar-refractivity contribution in [1.82, 2.24) is 5.43 Å². The lowest BCUT2D eigenvalue weighted by Gasteiger charge is -2.07. The molecule has 0 radical (unpaired) electrons. The van der Waals surface area contributed by atoms with Gasteiger partial charge in [-0.25, -0.2) is 5.43 Å². The van der Waals surface area contributed by atoms with Crippen LogP contribution in [0.25, 0.3) is 0 Å². The molecule has 138 valence electrons. The van der Waals surface area contributed by atoms with Crippen LogP contribution in [0.1, 0.15) is 36.5 Å². The fourth-order valence-electron chi connectivity index (χ4n) is 2.36. The Balaban J connectivity index is 1.75. The molecule has 5 nitrogen and oxygen atoms in total. The first-order chi connectivity index (χ1) is 12.6. The average Bonchev–Trinajstić information content (AvgIpc) is 2.61. The number of benzene rings is 2. The number of nitrogens with zero attached hydrogens (tertiary/aromatic N) is 1. The van der Waals surface area contributed by atoms with Crippen molar-refractivity contribution < 1.29 is 14.3 Å². The Bertz CT molecular complexity index is 719. The van der Waals surface area contributed by atoms with Gasteiger partial charge in [-0.2, -0.15) is 5.10 Å². The number of carbonyl (C=O) groups is 1. The maximum atomic E-state index is 11.8. The molecule has 2 aromatic carbocycles. The zero-order valence-corrected chi connectivity index (χ0v) is 15.6. The van der Waals surface area contributed by atoms with Gasteiger partial charge in [0.1, 0.15) is 11.5 Å². The summed E-state index contributed by atoms with van der Waals surface area (Å²) < 4.78 is 11.1. The minimum atomic E-state index is -0.306. The van der Waals surface area contributed by atoms with Gasteiger partial charge in [-0.3, -0.25) is 4.79 Å². The van der Waals surface area contributed by atoms with Crippen molar-refractivity contribution in [2.75, 3.05) is 13.2 Å². The molecule has 5 heteroatoms. The summed E-state index contributed by atoms with van der Waals surface area (Å²) in [5, 5.41) is 3.95. The lowest BCUT2D eigenvalue weighted by atomic mass is 10.1. The van der Waals surface area contributed by atoms with Crippen LogP contribution >= 0.6 is 0 Å². The minimum Gasteiger partial charge on any atom is -0.494 e. The largest absolute Gasteiger partial charge is 0.494 e. The topological polar surface area (TPSA) is 59.9 Å². The van der Waals surface area contributed by atoms with Crippen LogP contribution in [0.4, 0.5) is 0 Å². The zero-order valence-electron chi connectivity index (χ0n) is 15.6. The SMILES string of the molecule is CCCCOc1ccc(/C=N/NC(=O)COc2cc(C)cc(C)c2)cc1. The molecule has 0 aromatic heterocycles. The summed E-state index contributed by atoms with van der Waals surface area (Å²) in [6, 6.07) is 13.4. The van der Waals surface area contributed by atoms with Crippen molar-refractivity contribution in [1.29, 1.82) is 0 Å². The van der Waals surface area contributed by atoms with Gasteiger partial charge in [0.25, 0.3) is 5.91 Å². The maximum absolute atomic E-state index is 11.8. The number of hydrogen-bond donors (Lipinski definition) is 1. The molecule has 0 spiro atoms. The monoisotopic (exact) mass is 354 g/mol. The summed E-state index contributed by atoms with van der Waals surface area (Å²) >= 11 is 0. The molecule has 0 aliphatic rings. The standard InChI is InChI=1S/C21H26N2O3/c1-4-5-10-25-19-8-6-18(7-9-19)14-22-23-21(24)15-26-20-12-16(2)11-17(3)13-20/h6-9,11-14H,4-5,10,15H2,1-3H3,(H,23,24)/b22-14+. The number of nitrogens with one attached hydrogen (secondary N) is 1. The molecule has 0 bridgehead atoms. The summed E-state index contributed by atoms with van der Waals surface area (Å²) in [4.78, 5) is 11.8. The molecule has 26 heavy (non-hydrogen) atoms. The summed E-state index contributed by atoms with van der Waals surface area (Å²) in [5.41, 5.74) is 5.53. The third kappa shape index (κ3) is 6.97. The Morgan fingerprint density at radius 3 is 2.38 bits per heavy atom. The highest BCUT2D eigenvalue weighted by Crippen LogP contribution is 2.16. The first-order valence-corrected chi connectivity index (χ1v) is 8.82. The van der Waals surface area contributed by atoms with Crippen LogP contribution in [-0.2, 0) is 4.79 Å². The molecule has 1 amide bonds. The maximum Gasteiger partial charge on any atom is 0.277 e. The average molecular weight is 354 g/mol. The molecule has 0 atom stereocenters. The van der Waals surface area contributed by atoms with Gasteiger partial charge >= 0.3 is 0 Å². The number of carbonyl (C=O) groups excluding carboxylic acids is 1. The van der Waals surface area contributed by atoms with E-state index in [0.717, 1.165) is 41.9 Å². The van der Waals surface area contributed by atoms with Crippen molar-refractivity contribution in [2.24, 2.45) is 5.10 Å². The van der Waals surface area contributed by atoms with Crippen LogP contribution in [0, 0.1) is 13.8 Å². The fraction of sp³-hybridized carbons (Fsp3) is 0.333. The molecule has 0 fully saturated rings. The van der Waals surface area contributed by atoms with Crippen LogP contribution in [-0.4, -0.2) is 25.3 Å². The third-order valence-electron chi connectivity index (χ3n) is 3.61. The van der Waals surface area contributed by atoms with Crippen molar-refractivity contribution in [3.05, 3.63) is 59.2 Å². The molecule has 0 saturated carbocycles. The molecule has 0 aliphatic carbocycles. The predicted molar refractivity (Wildman–Crippen MR) is 104 cm³/mol. The van der Waals surface area contributed by atoms with Crippen molar-refractivity contribution in [2.45, 2.75) is 33.6 Å². The predicted octanol–water partition coefficient (Wildman–Crippen LogP) is 4.01. The van der Waals surface area contributed by atoms with Gasteiger partial charge in [-0.05, 0) is 73.4 Å². The number of rotatable bonds is 9. The second kappa shape index (κ2) is 10.2. The number of aryl methyl sites for hydroxylation is 2. The Morgan fingerprint density at radius 1 is 1.04 bits per heavy atom. The Labute approximate surface area is 155 Å². The van der Waals surface area contributed by atoms with E-state index >= 15 is 0 Å². The van der Waals surface area contributed by atoms with E-state index in [1.807, 2.05) is 50.2 Å². The highest BCUT2D eigenvalue weighted by atomic mass is 16.5. The van der Waals surface area contributed by atoms with Gasteiger partial charge < -0.3 is 9.47 Å². The van der Waals surface area contributed by atoms with E-state index < -0.39 is 0 Å². The molecular weight excluding hydrogens is 328 g/mol. The third-order valence-corrected chi connectivity index (χ3v) is 3.61. The molecule has 0 saturated heterocycles. The van der Waals surface area contributed by atoms with Gasteiger partial charge in [0.05, 0.1) is 12.8 Å². The number of amides is 1. The highest BCUT2D eigenvalue weighted by molar-refractivity contribution is 5.83. The van der Waals surface area contributed by atoms with E-state index in [4.69, 9.17) is 9.47 Å². The number of ether oxygens (including phenoxy) is 2. The first-order valence-electron chi connectivity index (χ1n) is 8.82. The molecular formula is C21H26N2O3.